The maximum Gasteiger partial charge on any atom is 0.237 e. The average Bonchev–Trinajstić information content (AvgIpc) is 2.86. The summed E-state index contributed by atoms with van der Waals surface area (Å²) in [5, 5.41) is 7.46. The number of aryl methyl sites for hydroxylation is 1. The molecule has 0 bridgehead atoms. The lowest BCUT2D eigenvalue weighted by molar-refractivity contribution is -0.124. The summed E-state index contributed by atoms with van der Waals surface area (Å²) in [5.74, 6) is 0.919. The first kappa shape index (κ1) is 14.1. The number of carbonyl (C=O) groups excluding carboxylic acids is 1. The molecule has 3 rings (SSSR count). The van der Waals surface area contributed by atoms with Crippen LogP contribution in [0.2, 0.25) is 0 Å². The Bertz CT molecular complexity index is 641. The monoisotopic (exact) mass is 286 g/mol. The van der Waals surface area contributed by atoms with Gasteiger partial charge in [0, 0.05) is 10.9 Å². The van der Waals surface area contributed by atoms with Crippen molar-refractivity contribution >= 4 is 16.9 Å². The van der Waals surface area contributed by atoms with Crippen molar-refractivity contribution in [3.8, 4) is 0 Å². The molecule has 1 aliphatic rings. The lowest BCUT2D eigenvalue weighted by Crippen LogP contribution is -2.47. The van der Waals surface area contributed by atoms with Crippen LogP contribution in [0.1, 0.15) is 43.6 Å². The van der Waals surface area contributed by atoms with E-state index in [4.69, 9.17) is 4.42 Å². The summed E-state index contributed by atoms with van der Waals surface area (Å²) in [6.45, 7) is 4.95. The van der Waals surface area contributed by atoms with Gasteiger partial charge in [-0.05, 0) is 39.3 Å². The van der Waals surface area contributed by atoms with E-state index in [-0.39, 0.29) is 18.0 Å². The molecule has 0 saturated carbocycles. The molecule has 0 aliphatic carbocycles. The van der Waals surface area contributed by atoms with Crippen LogP contribution in [0.25, 0.3) is 11.0 Å². The number of para-hydroxylation sites is 1. The number of carbonyl (C=O) groups is 1. The topological polar surface area (TPSA) is 54.3 Å². The number of fused-ring (bicyclic) bond motifs is 1. The SMILES string of the molecule is Cc1c(C(C)NC(=O)C2CCCCN2)oc2ccccc12. The Balaban J connectivity index is 1.75. The molecule has 0 spiro atoms. The second-order valence-electron chi connectivity index (χ2n) is 5.82. The number of hydrogen-bond acceptors (Lipinski definition) is 3. The van der Waals surface area contributed by atoms with Crippen LogP contribution in [-0.2, 0) is 4.79 Å². The van der Waals surface area contributed by atoms with Gasteiger partial charge in [0.2, 0.25) is 5.91 Å². The summed E-state index contributed by atoms with van der Waals surface area (Å²) < 4.78 is 5.91. The highest BCUT2D eigenvalue weighted by atomic mass is 16.3. The van der Waals surface area contributed by atoms with Gasteiger partial charge in [0.15, 0.2) is 0 Å². The number of hydrogen-bond donors (Lipinski definition) is 2. The van der Waals surface area contributed by atoms with Crippen LogP contribution in [0.15, 0.2) is 28.7 Å². The van der Waals surface area contributed by atoms with Crippen LogP contribution in [0.4, 0.5) is 0 Å². The van der Waals surface area contributed by atoms with Crippen LogP contribution in [0, 0.1) is 6.92 Å². The molecule has 2 atom stereocenters. The molecule has 2 heterocycles. The lowest BCUT2D eigenvalue weighted by atomic mass is 10.0. The normalized spacial score (nSPS) is 20.4. The second kappa shape index (κ2) is 5.90. The van der Waals surface area contributed by atoms with Crippen LogP contribution < -0.4 is 10.6 Å². The predicted octanol–water partition coefficient (Wildman–Crippen LogP) is 3.06. The fraction of sp³-hybridized carbons (Fsp3) is 0.471. The van der Waals surface area contributed by atoms with E-state index >= 15 is 0 Å². The zero-order chi connectivity index (χ0) is 14.8. The van der Waals surface area contributed by atoms with Crippen LogP contribution >= 0.6 is 0 Å². The summed E-state index contributed by atoms with van der Waals surface area (Å²) in [6.07, 6.45) is 3.18. The molecular weight excluding hydrogens is 264 g/mol. The molecule has 2 aromatic rings. The van der Waals surface area contributed by atoms with Crippen molar-refractivity contribution in [2.75, 3.05) is 6.54 Å². The lowest BCUT2D eigenvalue weighted by Gasteiger charge is -2.24. The highest BCUT2D eigenvalue weighted by Crippen LogP contribution is 2.29. The molecule has 1 amide bonds. The van der Waals surface area contributed by atoms with Crippen molar-refractivity contribution in [2.24, 2.45) is 0 Å². The molecule has 0 radical (unpaired) electrons. The van der Waals surface area contributed by atoms with Gasteiger partial charge < -0.3 is 15.1 Å². The number of furan rings is 1. The Kier molecular flexibility index (Phi) is 3.97. The van der Waals surface area contributed by atoms with Crippen molar-refractivity contribution in [1.82, 2.24) is 10.6 Å². The molecule has 112 valence electrons. The third-order valence-corrected chi connectivity index (χ3v) is 4.26. The Hall–Kier alpha value is -1.81. The van der Waals surface area contributed by atoms with Crippen molar-refractivity contribution in [1.29, 1.82) is 0 Å². The van der Waals surface area contributed by atoms with Gasteiger partial charge in [0.05, 0.1) is 12.1 Å². The molecule has 1 fully saturated rings. The molecule has 4 heteroatoms. The molecule has 1 aromatic heterocycles. The maximum absolute atomic E-state index is 12.3. The highest BCUT2D eigenvalue weighted by Gasteiger charge is 2.24. The van der Waals surface area contributed by atoms with Gasteiger partial charge in [0.1, 0.15) is 11.3 Å². The summed E-state index contributed by atoms with van der Waals surface area (Å²) in [7, 11) is 0. The maximum atomic E-state index is 12.3. The molecule has 1 aliphatic heterocycles. The van der Waals surface area contributed by atoms with Gasteiger partial charge in [-0.2, -0.15) is 0 Å². The van der Waals surface area contributed by atoms with E-state index in [0.29, 0.717) is 0 Å². The Morgan fingerprint density at radius 3 is 2.90 bits per heavy atom. The quantitative estimate of drug-likeness (QED) is 0.911. The van der Waals surface area contributed by atoms with Gasteiger partial charge in [0.25, 0.3) is 0 Å². The summed E-state index contributed by atoms with van der Waals surface area (Å²) >= 11 is 0. The third kappa shape index (κ3) is 2.81. The molecule has 2 unspecified atom stereocenters. The predicted molar refractivity (Wildman–Crippen MR) is 83.2 cm³/mol. The van der Waals surface area contributed by atoms with Crippen molar-refractivity contribution in [3.05, 3.63) is 35.6 Å². The van der Waals surface area contributed by atoms with E-state index in [1.165, 1.54) is 0 Å². The zero-order valence-corrected chi connectivity index (χ0v) is 12.6. The minimum Gasteiger partial charge on any atom is -0.459 e. The van der Waals surface area contributed by atoms with E-state index in [1.807, 2.05) is 32.0 Å². The minimum absolute atomic E-state index is 0.0640. The first-order valence-electron chi connectivity index (χ1n) is 7.68. The average molecular weight is 286 g/mol. The van der Waals surface area contributed by atoms with E-state index in [0.717, 1.165) is 48.1 Å². The van der Waals surface area contributed by atoms with Crippen molar-refractivity contribution in [2.45, 2.75) is 45.2 Å². The first-order valence-corrected chi connectivity index (χ1v) is 7.68. The molecule has 2 N–H and O–H groups in total. The van der Waals surface area contributed by atoms with E-state index in [2.05, 4.69) is 16.7 Å². The standard InChI is InChI=1S/C17H22N2O2/c1-11-13-7-3-4-9-15(13)21-16(11)12(2)19-17(20)14-8-5-6-10-18-14/h3-4,7,9,12,14,18H,5-6,8,10H2,1-2H3,(H,19,20). The summed E-state index contributed by atoms with van der Waals surface area (Å²) in [6, 6.07) is 7.80. The van der Waals surface area contributed by atoms with Gasteiger partial charge in [-0.25, -0.2) is 0 Å². The number of nitrogens with one attached hydrogen (secondary N) is 2. The molecule has 21 heavy (non-hydrogen) atoms. The van der Waals surface area contributed by atoms with Gasteiger partial charge in [-0.3, -0.25) is 4.79 Å². The Morgan fingerprint density at radius 2 is 2.19 bits per heavy atom. The third-order valence-electron chi connectivity index (χ3n) is 4.26. The van der Waals surface area contributed by atoms with Crippen molar-refractivity contribution < 1.29 is 9.21 Å². The summed E-state index contributed by atoms with van der Waals surface area (Å²) in [5.41, 5.74) is 1.98. The van der Waals surface area contributed by atoms with E-state index < -0.39 is 0 Å². The second-order valence-corrected chi connectivity index (χ2v) is 5.82. The van der Waals surface area contributed by atoms with E-state index in [1.54, 1.807) is 0 Å². The fourth-order valence-electron chi connectivity index (χ4n) is 3.06. The fourth-order valence-corrected chi connectivity index (χ4v) is 3.06. The van der Waals surface area contributed by atoms with Crippen LogP contribution in [0.5, 0.6) is 0 Å². The number of rotatable bonds is 3. The minimum atomic E-state index is -0.117. The van der Waals surface area contributed by atoms with E-state index in [9.17, 15) is 4.79 Å². The highest BCUT2D eigenvalue weighted by molar-refractivity contribution is 5.84. The Labute approximate surface area is 124 Å². The molecule has 4 nitrogen and oxygen atoms in total. The van der Waals surface area contributed by atoms with Crippen molar-refractivity contribution in [3.63, 3.8) is 0 Å². The zero-order valence-electron chi connectivity index (χ0n) is 12.6. The van der Waals surface area contributed by atoms with Crippen LogP contribution in [-0.4, -0.2) is 18.5 Å². The molecule has 1 saturated heterocycles. The Morgan fingerprint density at radius 1 is 1.38 bits per heavy atom. The first-order chi connectivity index (χ1) is 10.2. The smallest absolute Gasteiger partial charge is 0.237 e. The van der Waals surface area contributed by atoms with Gasteiger partial charge in [-0.1, -0.05) is 24.6 Å². The summed E-state index contributed by atoms with van der Waals surface area (Å²) in [4.78, 5) is 12.3. The largest absolute Gasteiger partial charge is 0.459 e. The number of benzene rings is 1. The van der Waals surface area contributed by atoms with Gasteiger partial charge >= 0.3 is 0 Å². The number of amides is 1. The molecular formula is C17H22N2O2. The molecule has 1 aromatic carbocycles. The number of piperidine rings is 1. The van der Waals surface area contributed by atoms with Gasteiger partial charge in [-0.15, -0.1) is 0 Å². The van der Waals surface area contributed by atoms with Crippen LogP contribution in [0.3, 0.4) is 0 Å².